The number of ether oxygens (including phenoxy) is 2. The Morgan fingerprint density at radius 2 is 1.93 bits per heavy atom. The lowest BCUT2D eigenvalue weighted by Crippen LogP contribution is -2.13. The maximum Gasteiger partial charge on any atom is 0.259 e. The number of methoxy groups -OCH3 is 2. The highest BCUT2D eigenvalue weighted by Crippen LogP contribution is 2.27. The van der Waals surface area contributed by atoms with Crippen LogP contribution in [0.3, 0.4) is 0 Å². The second kappa shape index (κ2) is 8.34. The summed E-state index contributed by atoms with van der Waals surface area (Å²) in [6.45, 7) is 0.928. The molecule has 29 heavy (non-hydrogen) atoms. The maximum atomic E-state index is 12.8. The summed E-state index contributed by atoms with van der Waals surface area (Å²) < 4.78 is 12.7. The molecule has 2 aromatic carbocycles. The number of benzene rings is 2. The minimum absolute atomic E-state index is 0.248. The van der Waals surface area contributed by atoms with E-state index in [2.05, 4.69) is 20.1 Å². The van der Waals surface area contributed by atoms with Crippen molar-refractivity contribution in [3.8, 4) is 22.9 Å². The van der Waals surface area contributed by atoms with Gasteiger partial charge in [0.2, 0.25) is 0 Å². The molecule has 0 bridgehead atoms. The van der Waals surface area contributed by atoms with Gasteiger partial charge < -0.3 is 19.4 Å². The molecule has 0 aliphatic carbocycles. The fraction of sp³-hybridized carbons (Fsp3) is 0.318. The average Bonchev–Trinajstić information content (AvgIpc) is 3.01. The van der Waals surface area contributed by atoms with Gasteiger partial charge in [-0.05, 0) is 37.1 Å². The van der Waals surface area contributed by atoms with Crippen LogP contribution < -0.4 is 14.8 Å². The molecule has 7 heteroatoms. The van der Waals surface area contributed by atoms with E-state index in [9.17, 15) is 4.79 Å². The van der Waals surface area contributed by atoms with Gasteiger partial charge in [-0.2, -0.15) is 0 Å². The standard InChI is InChI=1S/C22H24N4O3/c1-28-17-10-11-18(19(14-17)29-2)22(27)23-16-8-6-7-15(13-16)21-25-24-20-9-4-3-5-12-26(20)21/h6-8,10-11,13-14H,3-5,9,12H2,1-2H3,(H,23,27). The van der Waals surface area contributed by atoms with Crippen molar-refractivity contribution in [1.82, 2.24) is 14.8 Å². The van der Waals surface area contributed by atoms with E-state index in [0.29, 0.717) is 22.7 Å². The predicted molar refractivity (Wildman–Crippen MR) is 111 cm³/mol. The number of hydrogen-bond acceptors (Lipinski definition) is 5. The second-order valence-electron chi connectivity index (χ2n) is 7.00. The lowest BCUT2D eigenvalue weighted by molar-refractivity contribution is 0.102. The third-order valence-corrected chi connectivity index (χ3v) is 5.14. The molecule has 0 fully saturated rings. The van der Waals surface area contributed by atoms with E-state index in [0.717, 1.165) is 43.0 Å². The molecule has 0 unspecified atom stereocenters. The van der Waals surface area contributed by atoms with Gasteiger partial charge in [-0.25, -0.2) is 0 Å². The van der Waals surface area contributed by atoms with Gasteiger partial charge in [0.25, 0.3) is 5.91 Å². The molecule has 0 spiro atoms. The smallest absolute Gasteiger partial charge is 0.259 e. The SMILES string of the molecule is COc1ccc(C(=O)Nc2cccc(-c3nnc4n3CCCCC4)c2)c(OC)c1. The van der Waals surface area contributed by atoms with E-state index in [4.69, 9.17) is 9.47 Å². The Bertz CT molecular complexity index is 1030. The van der Waals surface area contributed by atoms with Gasteiger partial charge in [0.1, 0.15) is 17.3 Å². The number of fused-ring (bicyclic) bond motifs is 1. The van der Waals surface area contributed by atoms with Crippen LogP contribution in [-0.4, -0.2) is 34.9 Å². The van der Waals surface area contributed by atoms with Crippen LogP contribution in [0.15, 0.2) is 42.5 Å². The van der Waals surface area contributed by atoms with Crippen LogP contribution in [0.25, 0.3) is 11.4 Å². The lowest BCUT2D eigenvalue weighted by atomic mass is 10.1. The van der Waals surface area contributed by atoms with Crippen LogP contribution in [0.5, 0.6) is 11.5 Å². The van der Waals surface area contributed by atoms with Crippen LogP contribution in [-0.2, 0) is 13.0 Å². The normalized spacial score (nSPS) is 13.3. The first-order valence-electron chi connectivity index (χ1n) is 9.75. The zero-order valence-electron chi connectivity index (χ0n) is 16.6. The number of carbonyl (C=O) groups is 1. The zero-order chi connectivity index (χ0) is 20.2. The van der Waals surface area contributed by atoms with Crippen molar-refractivity contribution in [2.45, 2.75) is 32.2 Å². The van der Waals surface area contributed by atoms with Crippen molar-refractivity contribution in [1.29, 1.82) is 0 Å². The van der Waals surface area contributed by atoms with Gasteiger partial charge in [0.05, 0.1) is 19.8 Å². The van der Waals surface area contributed by atoms with Gasteiger partial charge in [-0.3, -0.25) is 4.79 Å². The molecule has 1 aliphatic heterocycles. The quantitative estimate of drug-likeness (QED) is 0.712. The van der Waals surface area contributed by atoms with Crippen molar-refractivity contribution in [3.63, 3.8) is 0 Å². The van der Waals surface area contributed by atoms with E-state index >= 15 is 0 Å². The number of amides is 1. The number of nitrogens with one attached hydrogen (secondary N) is 1. The highest BCUT2D eigenvalue weighted by atomic mass is 16.5. The summed E-state index contributed by atoms with van der Waals surface area (Å²) in [5.74, 6) is 2.73. The van der Waals surface area contributed by atoms with Crippen molar-refractivity contribution in [2.24, 2.45) is 0 Å². The van der Waals surface area contributed by atoms with Gasteiger partial charge in [0, 0.05) is 30.3 Å². The van der Waals surface area contributed by atoms with Crippen LogP contribution in [0.4, 0.5) is 5.69 Å². The summed E-state index contributed by atoms with van der Waals surface area (Å²) in [6.07, 6.45) is 4.45. The van der Waals surface area contributed by atoms with Crippen LogP contribution >= 0.6 is 0 Å². The summed E-state index contributed by atoms with van der Waals surface area (Å²) in [5, 5.41) is 11.7. The van der Waals surface area contributed by atoms with Gasteiger partial charge >= 0.3 is 0 Å². The molecule has 4 rings (SSSR count). The van der Waals surface area contributed by atoms with E-state index in [-0.39, 0.29) is 5.91 Å². The third-order valence-electron chi connectivity index (χ3n) is 5.14. The minimum Gasteiger partial charge on any atom is -0.497 e. The fourth-order valence-corrected chi connectivity index (χ4v) is 3.62. The summed E-state index contributed by atoms with van der Waals surface area (Å²) >= 11 is 0. The first kappa shape index (κ1) is 19.0. The third kappa shape index (κ3) is 3.94. The Hall–Kier alpha value is -3.35. The monoisotopic (exact) mass is 392 g/mol. The van der Waals surface area contributed by atoms with Gasteiger partial charge in [-0.1, -0.05) is 18.6 Å². The minimum atomic E-state index is -0.248. The van der Waals surface area contributed by atoms with Crippen molar-refractivity contribution < 1.29 is 14.3 Å². The topological polar surface area (TPSA) is 78.3 Å². The van der Waals surface area contributed by atoms with E-state index in [1.54, 1.807) is 25.3 Å². The maximum absolute atomic E-state index is 12.8. The predicted octanol–water partition coefficient (Wildman–Crippen LogP) is 3.94. The summed E-state index contributed by atoms with van der Waals surface area (Å²) in [7, 11) is 3.11. The summed E-state index contributed by atoms with van der Waals surface area (Å²) in [6, 6.07) is 12.8. The van der Waals surface area contributed by atoms with E-state index in [1.807, 2.05) is 24.3 Å². The fourth-order valence-electron chi connectivity index (χ4n) is 3.62. The molecule has 150 valence electrons. The summed E-state index contributed by atoms with van der Waals surface area (Å²) in [4.78, 5) is 12.8. The highest BCUT2D eigenvalue weighted by molar-refractivity contribution is 6.06. The van der Waals surface area contributed by atoms with Gasteiger partial charge in [-0.15, -0.1) is 10.2 Å². The van der Waals surface area contributed by atoms with Crippen molar-refractivity contribution in [2.75, 3.05) is 19.5 Å². The molecule has 0 atom stereocenters. The van der Waals surface area contributed by atoms with Crippen molar-refractivity contribution in [3.05, 3.63) is 53.9 Å². The Labute approximate surface area is 169 Å². The number of carbonyl (C=O) groups excluding carboxylic acids is 1. The van der Waals surface area contributed by atoms with E-state index in [1.165, 1.54) is 13.5 Å². The average molecular weight is 392 g/mol. The first-order valence-corrected chi connectivity index (χ1v) is 9.75. The number of aromatic nitrogens is 3. The Balaban J connectivity index is 1.59. The molecule has 7 nitrogen and oxygen atoms in total. The first-order chi connectivity index (χ1) is 14.2. The Morgan fingerprint density at radius 3 is 2.76 bits per heavy atom. The molecule has 1 aliphatic rings. The number of nitrogens with zero attached hydrogens (tertiary/aromatic N) is 3. The molecule has 0 saturated carbocycles. The molecule has 0 saturated heterocycles. The lowest BCUT2D eigenvalue weighted by Gasteiger charge is -2.12. The number of rotatable bonds is 5. The Kier molecular flexibility index (Phi) is 5.46. The molecule has 1 amide bonds. The highest BCUT2D eigenvalue weighted by Gasteiger charge is 2.17. The van der Waals surface area contributed by atoms with Crippen LogP contribution in [0.2, 0.25) is 0 Å². The largest absolute Gasteiger partial charge is 0.497 e. The molecule has 1 aromatic heterocycles. The molecule has 2 heterocycles. The van der Waals surface area contributed by atoms with Gasteiger partial charge in [0.15, 0.2) is 5.82 Å². The zero-order valence-corrected chi connectivity index (χ0v) is 16.6. The van der Waals surface area contributed by atoms with Crippen molar-refractivity contribution >= 4 is 11.6 Å². The number of hydrogen-bond donors (Lipinski definition) is 1. The molecule has 3 aromatic rings. The van der Waals surface area contributed by atoms with E-state index < -0.39 is 0 Å². The van der Waals surface area contributed by atoms with Crippen LogP contribution in [0, 0.1) is 0 Å². The molecular formula is C22H24N4O3. The molecule has 1 N–H and O–H groups in total. The number of aryl methyl sites for hydroxylation is 1. The Morgan fingerprint density at radius 1 is 1.03 bits per heavy atom. The molecular weight excluding hydrogens is 368 g/mol. The number of anilines is 1. The second-order valence-corrected chi connectivity index (χ2v) is 7.00. The summed E-state index contributed by atoms with van der Waals surface area (Å²) in [5.41, 5.74) is 2.07. The van der Waals surface area contributed by atoms with Crippen LogP contribution in [0.1, 0.15) is 35.4 Å². The molecule has 0 radical (unpaired) electrons.